The third kappa shape index (κ3) is 3.30. The van der Waals surface area contributed by atoms with E-state index in [9.17, 15) is 4.79 Å². The Morgan fingerprint density at radius 1 is 1.31 bits per heavy atom. The van der Waals surface area contributed by atoms with E-state index in [1.54, 1.807) is 30.7 Å². The van der Waals surface area contributed by atoms with Crippen LogP contribution in [0.4, 0.5) is 0 Å². The van der Waals surface area contributed by atoms with Crippen molar-refractivity contribution in [2.75, 3.05) is 6.61 Å². The van der Waals surface area contributed by atoms with Crippen LogP contribution in [0.3, 0.4) is 0 Å². The molecule has 4 aromatic heterocycles. The summed E-state index contributed by atoms with van der Waals surface area (Å²) in [6.07, 6.45) is 6.66. The maximum atomic E-state index is 12.7. The molecule has 2 aliphatic rings. The second kappa shape index (κ2) is 7.65. The Bertz CT molecular complexity index is 1300. The highest BCUT2D eigenvalue weighted by Gasteiger charge is 2.42. The fourth-order valence-corrected chi connectivity index (χ4v) is 5.77. The molecule has 0 aromatic carbocycles. The van der Waals surface area contributed by atoms with Crippen molar-refractivity contribution >= 4 is 39.9 Å². The number of carbonyl (C=O) groups is 1. The van der Waals surface area contributed by atoms with Gasteiger partial charge in [0.15, 0.2) is 5.82 Å². The third-order valence-electron chi connectivity index (χ3n) is 6.18. The molecular formula is C21H20ClN7O2S. The summed E-state index contributed by atoms with van der Waals surface area (Å²) >= 11 is 7.27. The average Bonchev–Trinajstić information content (AvgIpc) is 3.52. The Morgan fingerprint density at radius 2 is 2.16 bits per heavy atom. The van der Waals surface area contributed by atoms with E-state index < -0.39 is 0 Å². The van der Waals surface area contributed by atoms with Crippen LogP contribution in [0.25, 0.3) is 16.9 Å². The van der Waals surface area contributed by atoms with Crippen molar-refractivity contribution in [2.45, 2.75) is 38.0 Å². The number of thiophene rings is 1. The highest BCUT2D eigenvalue weighted by Crippen LogP contribution is 2.40. The van der Waals surface area contributed by atoms with Gasteiger partial charge in [0.05, 0.1) is 58.1 Å². The number of fused-ring (bicyclic) bond motifs is 5. The number of amides is 1. The first-order chi connectivity index (χ1) is 15.6. The summed E-state index contributed by atoms with van der Waals surface area (Å²) in [5.74, 6) is 1.86. The minimum absolute atomic E-state index is 0.0590. The van der Waals surface area contributed by atoms with Gasteiger partial charge in [-0.2, -0.15) is 10.2 Å². The Balaban J connectivity index is 1.34. The molecule has 0 aliphatic carbocycles. The van der Waals surface area contributed by atoms with Crippen molar-refractivity contribution in [2.24, 2.45) is 5.92 Å². The number of pyridine rings is 1. The maximum Gasteiger partial charge on any atom is 0.261 e. The number of hydrogen-bond acceptors (Lipinski definition) is 7. The topological polar surface area (TPSA) is 99.8 Å². The van der Waals surface area contributed by atoms with Gasteiger partial charge in [0.2, 0.25) is 0 Å². The fourth-order valence-electron chi connectivity index (χ4n) is 4.82. The van der Waals surface area contributed by atoms with E-state index in [2.05, 4.69) is 32.0 Å². The number of nitrogens with one attached hydrogen (secondary N) is 1. The van der Waals surface area contributed by atoms with E-state index in [1.165, 1.54) is 16.1 Å². The summed E-state index contributed by atoms with van der Waals surface area (Å²) in [7, 11) is 0. The smallest absolute Gasteiger partial charge is 0.261 e. The van der Waals surface area contributed by atoms with E-state index in [4.69, 9.17) is 21.3 Å². The molecule has 6 rings (SSSR count). The van der Waals surface area contributed by atoms with E-state index >= 15 is 0 Å². The normalized spacial score (nSPS) is 24.8. The van der Waals surface area contributed by atoms with Crippen molar-refractivity contribution < 1.29 is 9.53 Å². The highest BCUT2D eigenvalue weighted by molar-refractivity contribution is 7.18. The SMILES string of the molecule is CC1Cc2nc3cnc(-n4nccn4)cc3n2C2CC(NC(=O)c3ccc(Cl)s3)COC12. The summed E-state index contributed by atoms with van der Waals surface area (Å²) in [6, 6.07) is 5.41. The van der Waals surface area contributed by atoms with Gasteiger partial charge in [-0.25, -0.2) is 9.97 Å². The Kier molecular flexibility index (Phi) is 4.74. The second-order valence-corrected chi connectivity index (χ2v) is 10.0. The summed E-state index contributed by atoms with van der Waals surface area (Å²) in [6.45, 7) is 2.69. The minimum atomic E-state index is -0.121. The van der Waals surface area contributed by atoms with Gasteiger partial charge in [0, 0.05) is 12.5 Å². The van der Waals surface area contributed by atoms with Gasteiger partial charge >= 0.3 is 0 Å². The summed E-state index contributed by atoms with van der Waals surface area (Å²) in [5, 5.41) is 11.5. The van der Waals surface area contributed by atoms with E-state index in [0.717, 1.165) is 29.7 Å². The van der Waals surface area contributed by atoms with Crippen molar-refractivity contribution in [1.29, 1.82) is 0 Å². The van der Waals surface area contributed by atoms with Crippen molar-refractivity contribution in [3.63, 3.8) is 0 Å². The van der Waals surface area contributed by atoms with Crippen LogP contribution in [-0.2, 0) is 11.2 Å². The molecule has 1 saturated heterocycles. The van der Waals surface area contributed by atoms with Crippen LogP contribution in [0.2, 0.25) is 4.34 Å². The van der Waals surface area contributed by atoms with Crippen molar-refractivity contribution in [3.8, 4) is 5.82 Å². The molecule has 1 amide bonds. The first kappa shape index (κ1) is 19.8. The van der Waals surface area contributed by atoms with Crippen LogP contribution in [0.15, 0.2) is 36.8 Å². The third-order valence-corrected chi connectivity index (χ3v) is 7.41. The molecule has 1 fully saturated rings. The molecule has 1 N–H and O–H groups in total. The predicted octanol–water partition coefficient (Wildman–Crippen LogP) is 3.05. The maximum absolute atomic E-state index is 12.7. The lowest BCUT2D eigenvalue weighted by molar-refractivity contribution is -0.0726. The number of halogens is 1. The zero-order valence-electron chi connectivity index (χ0n) is 17.2. The summed E-state index contributed by atoms with van der Waals surface area (Å²) in [5.41, 5.74) is 1.81. The standard InChI is InChI=1S/C21H20ClN7O2S/c1-11-6-19-27-13-9-23-18(29-24-4-5-25-29)8-14(13)28(19)15-7-12(10-31-20(11)15)26-21(30)16-2-3-17(22)32-16/h2-5,8-9,11-12,15,20H,6-7,10H2,1H3,(H,26,30). The number of hydrogen-bond donors (Lipinski definition) is 1. The first-order valence-electron chi connectivity index (χ1n) is 10.5. The Morgan fingerprint density at radius 3 is 2.94 bits per heavy atom. The quantitative estimate of drug-likeness (QED) is 0.495. The number of aromatic nitrogens is 6. The predicted molar refractivity (Wildman–Crippen MR) is 119 cm³/mol. The van der Waals surface area contributed by atoms with Crippen LogP contribution in [0.1, 0.15) is 34.9 Å². The molecule has 11 heteroatoms. The molecule has 6 heterocycles. The van der Waals surface area contributed by atoms with Crippen LogP contribution >= 0.6 is 22.9 Å². The number of rotatable bonds is 3. The average molecular weight is 470 g/mol. The van der Waals surface area contributed by atoms with Gasteiger partial charge in [0.25, 0.3) is 5.91 Å². The highest BCUT2D eigenvalue weighted by atomic mass is 35.5. The molecule has 0 radical (unpaired) electrons. The zero-order chi connectivity index (χ0) is 21.8. The van der Waals surface area contributed by atoms with E-state index in [1.807, 2.05) is 6.07 Å². The molecule has 4 unspecified atom stereocenters. The van der Waals surface area contributed by atoms with Crippen molar-refractivity contribution in [3.05, 3.63) is 51.8 Å². The molecule has 164 valence electrons. The van der Waals surface area contributed by atoms with Gasteiger partial charge in [-0.3, -0.25) is 4.79 Å². The lowest BCUT2D eigenvalue weighted by Crippen LogP contribution is -2.51. The summed E-state index contributed by atoms with van der Waals surface area (Å²) in [4.78, 5) is 24.1. The molecule has 32 heavy (non-hydrogen) atoms. The lowest BCUT2D eigenvalue weighted by atomic mass is 9.85. The van der Waals surface area contributed by atoms with Crippen LogP contribution in [0.5, 0.6) is 0 Å². The van der Waals surface area contributed by atoms with Gasteiger partial charge in [-0.15, -0.1) is 16.1 Å². The number of nitrogens with zero attached hydrogens (tertiary/aromatic N) is 6. The first-order valence-corrected chi connectivity index (χ1v) is 11.7. The molecule has 0 bridgehead atoms. The second-order valence-electron chi connectivity index (χ2n) is 8.30. The number of ether oxygens (including phenoxy) is 1. The molecule has 0 saturated carbocycles. The van der Waals surface area contributed by atoms with Crippen LogP contribution in [-0.4, -0.2) is 54.2 Å². The molecule has 4 atom stereocenters. The van der Waals surface area contributed by atoms with Gasteiger partial charge in [-0.05, 0) is 24.5 Å². The monoisotopic (exact) mass is 469 g/mol. The molecule has 2 aliphatic heterocycles. The Labute approximate surface area is 192 Å². The van der Waals surface area contributed by atoms with Crippen LogP contribution in [0, 0.1) is 5.92 Å². The molecular weight excluding hydrogens is 450 g/mol. The summed E-state index contributed by atoms with van der Waals surface area (Å²) < 4.78 is 9.15. The van der Waals surface area contributed by atoms with Gasteiger partial charge < -0.3 is 14.6 Å². The lowest BCUT2D eigenvalue weighted by Gasteiger charge is -2.43. The van der Waals surface area contributed by atoms with Crippen molar-refractivity contribution in [1.82, 2.24) is 34.8 Å². The van der Waals surface area contributed by atoms with Gasteiger partial charge in [-0.1, -0.05) is 18.5 Å². The Hall–Kier alpha value is -2.82. The largest absolute Gasteiger partial charge is 0.374 e. The van der Waals surface area contributed by atoms with E-state index in [-0.39, 0.29) is 24.1 Å². The fraction of sp³-hybridized carbons (Fsp3) is 0.381. The van der Waals surface area contributed by atoms with Crippen LogP contribution < -0.4 is 5.32 Å². The zero-order valence-corrected chi connectivity index (χ0v) is 18.8. The van der Waals surface area contributed by atoms with E-state index in [0.29, 0.717) is 27.6 Å². The van der Waals surface area contributed by atoms with Gasteiger partial charge in [0.1, 0.15) is 11.3 Å². The minimum Gasteiger partial charge on any atom is -0.374 e. The molecule has 0 spiro atoms. The number of carbonyl (C=O) groups excluding carboxylic acids is 1. The molecule has 4 aromatic rings. The molecule has 9 nitrogen and oxygen atoms in total. The number of imidazole rings is 1.